The van der Waals surface area contributed by atoms with Gasteiger partial charge in [0.1, 0.15) is 0 Å². The monoisotopic (exact) mass is 449 g/mol. The van der Waals surface area contributed by atoms with Crippen molar-refractivity contribution in [2.45, 2.75) is 24.3 Å². The lowest BCUT2D eigenvalue weighted by atomic mass is 10.1. The third kappa shape index (κ3) is 5.00. The molecule has 1 aliphatic rings. The van der Waals surface area contributed by atoms with Crippen molar-refractivity contribution < 1.29 is 13.2 Å². The van der Waals surface area contributed by atoms with E-state index in [1.165, 1.54) is 36.3 Å². The fourth-order valence-electron chi connectivity index (χ4n) is 3.88. The van der Waals surface area contributed by atoms with Crippen LogP contribution < -0.4 is 9.62 Å². The van der Waals surface area contributed by atoms with Gasteiger partial charge in [-0.25, -0.2) is 8.42 Å². The molecule has 1 N–H and O–H groups in total. The minimum absolute atomic E-state index is 0.115. The third-order valence-corrected chi connectivity index (χ3v) is 7.45. The number of rotatable bonds is 7. The molecule has 0 saturated carbocycles. The van der Waals surface area contributed by atoms with Crippen LogP contribution in [0.1, 0.15) is 28.8 Å². The van der Waals surface area contributed by atoms with E-state index in [0.717, 1.165) is 25.2 Å². The maximum Gasteiger partial charge on any atom is 0.264 e. The van der Waals surface area contributed by atoms with Gasteiger partial charge in [-0.3, -0.25) is 14.0 Å². The molecule has 6 nitrogen and oxygen atoms in total. The van der Waals surface area contributed by atoms with Crippen molar-refractivity contribution in [2.24, 2.45) is 0 Å². The molecule has 3 aromatic rings. The molecule has 4 rings (SSSR count). The van der Waals surface area contributed by atoms with Gasteiger partial charge in [0.05, 0.1) is 10.6 Å². The number of carbonyl (C=O) groups is 1. The molecule has 1 fully saturated rings. The van der Waals surface area contributed by atoms with Crippen LogP contribution >= 0.6 is 0 Å². The molecule has 0 aliphatic carbocycles. The Morgan fingerprint density at radius 2 is 1.66 bits per heavy atom. The lowest BCUT2D eigenvalue weighted by Crippen LogP contribution is -2.26. The second-order valence-corrected chi connectivity index (χ2v) is 9.94. The van der Waals surface area contributed by atoms with Gasteiger partial charge < -0.3 is 5.32 Å². The van der Waals surface area contributed by atoms with Gasteiger partial charge >= 0.3 is 0 Å². The van der Waals surface area contributed by atoms with Crippen molar-refractivity contribution >= 4 is 27.3 Å². The van der Waals surface area contributed by atoms with Crippen LogP contribution in [0.5, 0.6) is 0 Å². The van der Waals surface area contributed by atoms with E-state index < -0.39 is 10.0 Å². The molecule has 1 amide bonds. The van der Waals surface area contributed by atoms with Crippen molar-refractivity contribution in [2.75, 3.05) is 29.8 Å². The zero-order valence-corrected chi connectivity index (χ0v) is 18.9. The van der Waals surface area contributed by atoms with Crippen LogP contribution in [0.15, 0.2) is 83.8 Å². The first-order valence-corrected chi connectivity index (χ1v) is 12.1. The Hall–Kier alpha value is -3.16. The molecule has 1 saturated heterocycles. The topological polar surface area (TPSA) is 69.7 Å². The predicted octanol–water partition coefficient (Wildman–Crippen LogP) is 4.36. The number of likely N-dealkylation sites (tertiary alicyclic amines) is 1. The number of sulfonamides is 1. The average molecular weight is 450 g/mol. The summed E-state index contributed by atoms with van der Waals surface area (Å²) < 4.78 is 27.3. The van der Waals surface area contributed by atoms with Crippen molar-refractivity contribution in [1.82, 2.24) is 4.90 Å². The summed E-state index contributed by atoms with van der Waals surface area (Å²) in [6.45, 7) is 3.02. The SMILES string of the molecule is CN(c1ccccc1)S(=O)(=O)c1cccc(NC(=O)c2cccc(CN3CCCC3)c2)c1. The second-order valence-electron chi connectivity index (χ2n) is 7.97. The first kappa shape index (κ1) is 22.0. The van der Waals surface area contributed by atoms with Gasteiger partial charge in [0.2, 0.25) is 0 Å². The molecule has 3 aromatic carbocycles. The molecular weight excluding hydrogens is 422 g/mol. The Labute approximate surface area is 189 Å². The summed E-state index contributed by atoms with van der Waals surface area (Å²) in [7, 11) is -2.24. The number of carbonyl (C=O) groups excluding carboxylic acids is 1. The quantitative estimate of drug-likeness (QED) is 0.582. The van der Waals surface area contributed by atoms with E-state index in [1.54, 1.807) is 42.5 Å². The van der Waals surface area contributed by atoms with Gasteiger partial charge in [-0.15, -0.1) is 0 Å². The van der Waals surface area contributed by atoms with Crippen LogP contribution in [-0.4, -0.2) is 39.4 Å². The van der Waals surface area contributed by atoms with E-state index in [0.29, 0.717) is 16.9 Å². The minimum atomic E-state index is -3.76. The predicted molar refractivity (Wildman–Crippen MR) is 127 cm³/mol. The number of amides is 1. The molecule has 0 bridgehead atoms. The summed E-state index contributed by atoms with van der Waals surface area (Å²) in [6, 6.07) is 22.8. The summed E-state index contributed by atoms with van der Waals surface area (Å²) in [5.41, 5.74) is 2.65. The fourth-order valence-corrected chi connectivity index (χ4v) is 5.12. The van der Waals surface area contributed by atoms with Gasteiger partial charge in [0.25, 0.3) is 15.9 Å². The molecule has 166 valence electrons. The zero-order chi connectivity index (χ0) is 22.6. The zero-order valence-electron chi connectivity index (χ0n) is 18.1. The van der Waals surface area contributed by atoms with Gasteiger partial charge in [0.15, 0.2) is 0 Å². The fraction of sp³-hybridized carbons (Fsp3) is 0.240. The van der Waals surface area contributed by atoms with E-state index in [-0.39, 0.29) is 10.8 Å². The first-order chi connectivity index (χ1) is 15.4. The van der Waals surface area contributed by atoms with Crippen molar-refractivity contribution in [3.63, 3.8) is 0 Å². The Bertz CT molecular complexity index is 1190. The molecule has 1 heterocycles. The largest absolute Gasteiger partial charge is 0.322 e. The van der Waals surface area contributed by atoms with E-state index in [1.807, 2.05) is 24.3 Å². The van der Waals surface area contributed by atoms with Gasteiger partial charge in [-0.05, 0) is 74.0 Å². The highest BCUT2D eigenvalue weighted by Gasteiger charge is 2.22. The smallest absolute Gasteiger partial charge is 0.264 e. The lowest BCUT2D eigenvalue weighted by Gasteiger charge is -2.20. The van der Waals surface area contributed by atoms with Gasteiger partial charge in [0, 0.05) is 24.8 Å². The van der Waals surface area contributed by atoms with Crippen LogP contribution in [0.3, 0.4) is 0 Å². The molecule has 32 heavy (non-hydrogen) atoms. The molecule has 0 unspecified atom stereocenters. The standard InChI is InChI=1S/C25H27N3O3S/c1-27(23-12-3-2-4-13-23)32(30,31)24-14-8-11-22(18-24)26-25(29)21-10-7-9-20(17-21)19-28-15-5-6-16-28/h2-4,7-14,17-18H,5-6,15-16,19H2,1H3,(H,26,29). The number of nitrogens with zero attached hydrogens (tertiary/aromatic N) is 2. The van der Waals surface area contributed by atoms with Crippen LogP contribution in [0.4, 0.5) is 11.4 Å². The summed E-state index contributed by atoms with van der Waals surface area (Å²) in [4.78, 5) is 15.3. The Balaban J connectivity index is 1.50. The Morgan fingerprint density at radius 1 is 0.938 bits per heavy atom. The van der Waals surface area contributed by atoms with E-state index >= 15 is 0 Å². The normalized spacial score (nSPS) is 14.3. The summed E-state index contributed by atoms with van der Waals surface area (Å²) >= 11 is 0. The van der Waals surface area contributed by atoms with Crippen molar-refractivity contribution in [3.8, 4) is 0 Å². The highest BCUT2D eigenvalue weighted by Crippen LogP contribution is 2.24. The minimum Gasteiger partial charge on any atom is -0.322 e. The first-order valence-electron chi connectivity index (χ1n) is 10.7. The third-order valence-electron chi connectivity index (χ3n) is 5.66. The van der Waals surface area contributed by atoms with Crippen molar-refractivity contribution in [1.29, 1.82) is 0 Å². The van der Waals surface area contributed by atoms with E-state index in [2.05, 4.69) is 10.2 Å². The molecule has 7 heteroatoms. The molecule has 0 atom stereocenters. The Morgan fingerprint density at radius 3 is 2.41 bits per heavy atom. The number of anilines is 2. The molecular formula is C25H27N3O3S. The maximum absolute atomic E-state index is 13.1. The number of benzene rings is 3. The number of para-hydroxylation sites is 1. The molecule has 0 aromatic heterocycles. The lowest BCUT2D eigenvalue weighted by molar-refractivity contribution is 0.102. The van der Waals surface area contributed by atoms with Gasteiger partial charge in [-0.2, -0.15) is 0 Å². The van der Waals surface area contributed by atoms with Crippen molar-refractivity contribution in [3.05, 3.63) is 90.0 Å². The summed E-state index contributed by atoms with van der Waals surface area (Å²) in [6.07, 6.45) is 2.44. The summed E-state index contributed by atoms with van der Waals surface area (Å²) in [5.74, 6) is -0.265. The average Bonchev–Trinajstić information content (AvgIpc) is 3.32. The molecule has 0 radical (unpaired) electrons. The number of nitrogens with one attached hydrogen (secondary N) is 1. The van der Waals surface area contributed by atoms with Crippen LogP contribution in [-0.2, 0) is 16.6 Å². The maximum atomic E-state index is 13.1. The van der Waals surface area contributed by atoms with Crippen LogP contribution in [0, 0.1) is 0 Å². The van der Waals surface area contributed by atoms with E-state index in [4.69, 9.17) is 0 Å². The summed E-state index contributed by atoms with van der Waals surface area (Å²) in [5, 5.41) is 2.83. The van der Waals surface area contributed by atoms with Crippen LogP contribution in [0.25, 0.3) is 0 Å². The van der Waals surface area contributed by atoms with E-state index in [9.17, 15) is 13.2 Å². The molecule has 1 aliphatic heterocycles. The highest BCUT2D eigenvalue weighted by atomic mass is 32.2. The van der Waals surface area contributed by atoms with Gasteiger partial charge in [-0.1, -0.05) is 36.4 Å². The number of hydrogen-bond donors (Lipinski definition) is 1. The van der Waals surface area contributed by atoms with Crippen LogP contribution in [0.2, 0.25) is 0 Å². The second kappa shape index (κ2) is 9.54. The Kier molecular flexibility index (Phi) is 6.58. The highest BCUT2D eigenvalue weighted by molar-refractivity contribution is 7.92. The molecule has 0 spiro atoms. The number of hydrogen-bond acceptors (Lipinski definition) is 4.